The van der Waals surface area contributed by atoms with Gasteiger partial charge in [0.15, 0.2) is 0 Å². The van der Waals surface area contributed by atoms with Crippen molar-refractivity contribution < 1.29 is 9.53 Å². The number of ether oxygens (including phenoxy) is 1. The minimum Gasteiger partial charge on any atom is -0.375 e. The van der Waals surface area contributed by atoms with E-state index in [1.54, 1.807) is 13.4 Å². The van der Waals surface area contributed by atoms with Gasteiger partial charge in [-0.05, 0) is 19.8 Å². The van der Waals surface area contributed by atoms with Gasteiger partial charge >= 0.3 is 0 Å². The third-order valence-electron chi connectivity index (χ3n) is 5.97. The molecule has 2 aliphatic heterocycles. The lowest BCUT2D eigenvalue weighted by Crippen LogP contribution is -2.59. The topological polar surface area (TPSA) is 90.5 Å². The summed E-state index contributed by atoms with van der Waals surface area (Å²) in [5.41, 5.74) is 2.73. The number of anilines is 2. The van der Waals surface area contributed by atoms with Crippen LogP contribution in [-0.2, 0) is 21.5 Å². The first kappa shape index (κ1) is 19.6. The van der Waals surface area contributed by atoms with Crippen LogP contribution in [0.5, 0.6) is 0 Å². The van der Waals surface area contributed by atoms with Crippen LogP contribution in [0.4, 0.5) is 11.8 Å². The van der Waals surface area contributed by atoms with E-state index in [1.807, 2.05) is 36.9 Å². The molecule has 0 saturated carbocycles. The summed E-state index contributed by atoms with van der Waals surface area (Å²) in [6.45, 7) is 4.38. The van der Waals surface area contributed by atoms with Crippen LogP contribution in [0.2, 0.25) is 0 Å². The number of fused-ring (bicyclic) bond motifs is 2. The molecule has 9 heteroatoms. The van der Waals surface area contributed by atoms with Gasteiger partial charge in [0.25, 0.3) is 0 Å². The summed E-state index contributed by atoms with van der Waals surface area (Å²) in [6.07, 6.45) is 4.16. The second-order valence-electron chi connectivity index (χ2n) is 8.04. The fourth-order valence-corrected chi connectivity index (χ4v) is 4.55. The molecule has 156 valence electrons. The highest BCUT2D eigenvalue weighted by atomic mass is 16.5. The Morgan fingerprint density at radius 2 is 2.03 bits per heavy atom. The van der Waals surface area contributed by atoms with E-state index >= 15 is 0 Å². The Hall–Kier alpha value is -2.68. The molecule has 1 amide bonds. The average molecular weight is 399 g/mol. The number of nitrogens with one attached hydrogen (secondary N) is 1. The molecule has 0 aromatic carbocycles. The number of aromatic nitrogens is 4. The summed E-state index contributed by atoms with van der Waals surface area (Å²) < 4.78 is 5.15. The molecule has 0 bridgehead atoms. The number of methoxy groups -OCH3 is 1. The zero-order valence-corrected chi connectivity index (χ0v) is 17.6. The van der Waals surface area contributed by atoms with Gasteiger partial charge in [-0.15, -0.1) is 0 Å². The van der Waals surface area contributed by atoms with Gasteiger partial charge in [-0.1, -0.05) is 0 Å². The highest BCUT2D eigenvalue weighted by Gasteiger charge is 2.48. The second kappa shape index (κ2) is 7.62. The Balaban J connectivity index is 1.62. The van der Waals surface area contributed by atoms with Crippen LogP contribution in [0.15, 0.2) is 12.4 Å². The van der Waals surface area contributed by atoms with E-state index in [0.717, 1.165) is 55.3 Å². The van der Waals surface area contributed by atoms with Crippen LogP contribution in [0.3, 0.4) is 0 Å². The first-order chi connectivity index (χ1) is 13.9. The third kappa shape index (κ3) is 3.43. The van der Waals surface area contributed by atoms with Crippen LogP contribution >= 0.6 is 0 Å². The molecule has 2 aliphatic rings. The van der Waals surface area contributed by atoms with Gasteiger partial charge in [0, 0.05) is 64.7 Å². The number of nitrogens with zero attached hydrogens (tertiary/aromatic N) is 6. The van der Waals surface area contributed by atoms with Gasteiger partial charge in [-0.25, -0.2) is 9.97 Å². The molecule has 1 N–H and O–H groups in total. The summed E-state index contributed by atoms with van der Waals surface area (Å²) in [6, 6.07) is 2.03. The van der Waals surface area contributed by atoms with Crippen LogP contribution in [0, 0.1) is 6.92 Å². The maximum absolute atomic E-state index is 12.8. The number of aromatic amines is 1. The first-order valence-electron chi connectivity index (χ1n) is 10.0. The first-order valence-corrected chi connectivity index (χ1v) is 10.0. The average Bonchev–Trinajstić information content (AvgIpc) is 3.18. The third-order valence-corrected chi connectivity index (χ3v) is 5.97. The molecule has 1 fully saturated rings. The quantitative estimate of drug-likeness (QED) is 0.823. The predicted octanol–water partition coefficient (Wildman–Crippen LogP) is 1.10. The van der Waals surface area contributed by atoms with Crippen molar-refractivity contribution in [2.75, 3.05) is 57.2 Å². The summed E-state index contributed by atoms with van der Waals surface area (Å²) in [5, 5.41) is 0. The van der Waals surface area contributed by atoms with Crippen molar-refractivity contribution in [1.82, 2.24) is 24.8 Å². The van der Waals surface area contributed by atoms with E-state index in [4.69, 9.17) is 9.72 Å². The van der Waals surface area contributed by atoms with Gasteiger partial charge < -0.3 is 24.4 Å². The maximum atomic E-state index is 12.8. The van der Waals surface area contributed by atoms with E-state index in [-0.39, 0.29) is 18.1 Å². The fraction of sp³-hybridized carbons (Fsp3) is 0.600. The highest BCUT2D eigenvalue weighted by molar-refractivity contribution is 5.79. The summed E-state index contributed by atoms with van der Waals surface area (Å²) in [5.74, 6) is 1.68. The lowest BCUT2D eigenvalue weighted by Gasteiger charge is -2.50. The summed E-state index contributed by atoms with van der Waals surface area (Å²) in [4.78, 5) is 36.2. The number of hydrogen-bond donors (Lipinski definition) is 1. The van der Waals surface area contributed by atoms with E-state index in [1.165, 1.54) is 0 Å². The van der Waals surface area contributed by atoms with Gasteiger partial charge in [0.05, 0.1) is 17.6 Å². The highest BCUT2D eigenvalue weighted by Crippen LogP contribution is 2.43. The van der Waals surface area contributed by atoms with Crippen molar-refractivity contribution in [3.8, 4) is 0 Å². The molecule has 2 aromatic heterocycles. The van der Waals surface area contributed by atoms with Gasteiger partial charge in [-0.3, -0.25) is 4.79 Å². The van der Waals surface area contributed by atoms with E-state index in [9.17, 15) is 4.79 Å². The standard InChI is InChI=1S/C20H29N7O2/c1-14-11-16(24-19(23-14)25(2)3)26-9-6-20(7-10-26)18-15(21-13-22-18)5-8-27(20)17(28)12-29-4/h11,13H,5-10,12H2,1-4H3,(H,21,22). The number of piperidine rings is 1. The zero-order valence-electron chi connectivity index (χ0n) is 17.6. The lowest BCUT2D eigenvalue weighted by atomic mass is 9.78. The molecule has 29 heavy (non-hydrogen) atoms. The molecule has 9 nitrogen and oxygen atoms in total. The Bertz CT molecular complexity index is 887. The molecule has 1 saturated heterocycles. The molecule has 0 aliphatic carbocycles. The number of imidazole rings is 1. The molecule has 0 atom stereocenters. The Kier molecular flexibility index (Phi) is 5.16. The van der Waals surface area contributed by atoms with Crippen LogP contribution in [0.25, 0.3) is 0 Å². The van der Waals surface area contributed by atoms with Crippen LogP contribution in [0.1, 0.15) is 29.9 Å². The molecular weight excluding hydrogens is 370 g/mol. The molecule has 1 spiro atoms. The molecule has 0 radical (unpaired) electrons. The number of amides is 1. The number of carbonyl (C=O) groups is 1. The molecule has 4 rings (SSSR count). The van der Waals surface area contributed by atoms with Crippen molar-refractivity contribution in [1.29, 1.82) is 0 Å². The SMILES string of the molecule is COCC(=O)N1CCc2[nH]cnc2C12CCN(c1cc(C)nc(N(C)C)n1)CC2. The second-order valence-corrected chi connectivity index (χ2v) is 8.04. The van der Waals surface area contributed by atoms with Gasteiger partial charge in [0.1, 0.15) is 12.4 Å². The molecular formula is C20H29N7O2. The summed E-state index contributed by atoms with van der Waals surface area (Å²) in [7, 11) is 5.46. The normalized spacial score (nSPS) is 18.1. The van der Waals surface area contributed by atoms with Gasteiger partial charge in [0.2, 0.25) is 11.9 Å². The van der Waals surface area contributed by atoms with Crippen molar-refractivity contribution in [3.05, 3.63) is 29.5 Å². The number of aryl methyl sites for hydroxylation is 1. The maximum Gasteiger partial charge on any atom is 0.249 e. The monoisotopic (exact) mass is 399 g/mol. The largest absolute Gasteiger partial charge is 0.375 e. The molecule has 2 aromatic rings. The number of hydrogen-bond acceptors (Lipinski definition) is 7. The lowest BCUT2D eigenvalue weighted by molar-refractivity contribution is -0.144. The van der Waals surface area contributed by atoms with E-state index in [0.29, 0.717) is 12.5 Å². The number of H-pyrrole nitrogens is 1. The van der Waals surface area contributed by atoms with Crippen LogP contribution < -0.4 is 9.80 Å². The number of carbonyl (C=O) groups excluding carboxylic acids is 1. The van der Waals surface area contributed by atoms with Crippen molar-refractivity contribution in [2.24, 2.45) is 0 Å². The molecule has 0 unspecified atom stereocenters. The predicted molar refractivity (Wildman–Crippen MR) is 110 cm³/mol. The van der Waals surface area contributed by atoms with E-state index < -0.39 is 0 Å². The van der Waals surface area contributed by atoms with Crippen molar-refractivity contribution in [3.63, 3.8) is 0 Å². The fourth-order valence-electron chi connectivity index (χ4n) is 4.55. The van der Waals surface area contributed by atoms with Crippen LogP contribution in [-0.4, -0.2) is 78.2 Å². The molecule has 4 heterocycles. The zero-order chi connectivity index (χ0) is 20.6. The van der Waals surface area contributed by atoms with Gasteiger partial charge in [-0.2, -0.15) is 4.98 Å². The number of rotatable bonds is 4. The summed E-state index contributed by atoms with van der Waals surface area (Å²) >= 11 is 0. The van der Waals surface area contributed by atoms with Crippen molar-refractivity contribution >= 4 is 17.7 Å². The van der Waals surface area contributed by atoms with Crippen molar-refractivity contribution in [2.45, 2.75) is 31.7 Å². The minimum absolute atomic E-state index is 0.0300. The Morgan fingerprint density at radius 3 is 2.72 bits per heavy atom. The smallest absolute Gasteiger partial charge is 0.249 e. The van der Waals surface area contributed by atoms with E-state index in [2.05, 4.69) is 19.9 Å². The Labute approximate surface area is 171 Å². The minimum atomic E-state index is -0.383. The Morgan fingerprint density at radius 1 is 1.28 bits per heavy atom.